The summed E-state index contributed by atoms with van der Waals surface area (Å²) in [6.45, 7) is 0. The Kier molecular flexibility index (Phi) is 5.81. The van der Waals surface area contributed by atoms with Gasteiger partial charge in [-0.25, -0.2) is 4.79 Å². The summed E-state index contributed by atoms with van der Waals surface area (Å²) in [6.07, 6.45) is 2.11. The maximum atomic E-state index is 12.2. The standard InChI is InChI=1S/C19H19N5O6/c20-19-23-15-14(17(28)24-19)11(8-21-15)6-3-9-1-4-10(5-2-9)16(27)22-12(18(29)30)7-13(25)26/h1-2,4-5,8,12H,3,6-7H2,(H,22,27)(H,25,26)(H,29,30)(H4,20,21,23,24,28). The van der Waals surface area contributed by atoms with Gasteiger partial charge in [0, 0.05) is 11.8 Å². The molecule has 0 saturated heterocycles. The lowest BCUT2D eigenvalue weighted by Crippen LogP contribution is -2.42. The Morgan fingerprint density at radius 3 is 2.47 bits per heavy atom. The van der Waals surface area contributed by atoms with Crippen LogP contribution >= 0.6 is 0 Å². The van der Waals surface area contributed by atoms with Crippen molar-refractivity contribution >= 4 is 34.8 Å². The topological polar surface area (TPSA) is 191 Å². The van der Waals surface area contributed by atoms with Gasteiger partial charge in [0.15, 0.2) is 0 Å². The summed E-state index contributed by atoms with van der Waals surface area (Å²) >= 11 is 0. The molecule has 1 aromatic carbocycles. The summed E-state index contributed by atoms with van der Waals surface area (Å²) in [6, 6.07) is 4.94. The number of hydrogen-bond donors (Lipinski definition) is 6. The molecule has 0 aliphatic carbocycles. The molecular formula is C19H19N5O6. The van der Waals surface area contributed by atoms with Gasteiger partial charge in [-0.3, -0.25) is 14.4 Å². The summed E-state index contributed by atoms with van der Waals surface area (Å²) in [4.78, 5) is 55.5. The summed E-state index contributed by atoms with van der Waals surface area (Å²) in [7, 11) is 0. The first-order valence-corrected chi connectivity index (χ1v) is 8.94. The number of aromatic amines is 2. The zero-order chi connectivity index (χ0) is 21.8. The molecule has 1 amide bonds. The van der Waals surface area contributed by atoms with Crippen LogP contribution in [-0.2, 0) is 22.4 Å². The number of nitrogens with one attached hydrogen (secondary N) is 3. The lowest BCUT2D eigenvalue weighted by Gasteiger charge is -2.12. The molecule has 0 spiro atoms. The number of carbonyl (C=O) groups is 3. The summed E-state index contributed by atoms with van der Waals surface area (Å²) < 4.78 is 0. The van der Waals surface area contributed by atoms with Crippen LogP contribution in [0.3, 0.4) is 0 Å². The van der Waals surface area contributed by atoms with Crippen LogP contribution in [0.15, 0.2) is 35.3 Å². The van der Waals surface area contributed by atoms with E-state index in [0.717, 1.165) is 11.1 Å². The van der Waals surface area contributed by atoms with Gasteiger partial charge in [0.1, 0.15) is 11.7 Å². The van der Waals surface area contributed by atoms with Gasteiger partial charge in [-0.05, 0) is 36.1 Å². The number of benzene rings is 1. The van der Waals surface area contributed by atoms with Gasteiger partial charge >= 0.3 is 11.9 Å². The Balaban J connectivity index is 1.66. The van der Waals surface area contributed by atoms with Crippen molar-refractivity contribution < 1.29 is 24.6 Å². The fourth-order valence-corrected chi connectivity index (χ4v) is 3.04. The minimum Gasteiger partial charge on any atom is -0.481 e. The Hall–Kier alpha value is -4.15. The second-order valence-electron chi connectivity index (χ2n) is 6.65. The van der Waals surface area contributed by atoms with Crippen molar-refractivity contribution in [3.63, 3.8) is 0 Å². The second kappa shape index (κ2) is 8.47. The van der Waals surface area contributed by atoms with Gasteiger partial charge in [-0.2, -0.15) is 4.98 Å². The van der Waals surface area contributed by atoms with Crippen LogP contribution in [0.1, 0.15) is 27.9 Å². The number of nitrogen functional groups attached to an aromatic ring is 1. The van der Waals surface area contributed by atoms with Gasteiger partial charge in [0.2, 0.25) is 5.95 Å². The van der Waals surface area contributed by atoms with Crippen molar-refractivity contribution in [1.29, 1.82) is 0 Å². The van der Waals surface area contributed by atoms with E-state index in [2.05, 4.69) is 20.3 Å². The van der Waals surface area contributed by atoms with Crippen LogP contribution in [0.2, 0.25) is 0 Å². The number of anilines is 1. The summed E-state index contributed by atoms with van der Waals surface area (Å²) in [5.74, 6) is -3.40. The molecule has 11 nitrogen and oxygen atoms in total. The maximum absolute atomic E-state index is 12.2. The number of nitrogens with zero attached hydrogens (tertiary/aromatic N) is 1. The van der Waals surface area contributed by atoms with Crippen molar-refractivity contribution in [3.05, 3.63) is 57.5 Å². The SMILES string of the molecule is Nc1nc(=O)c2c(CCc3ccc(C(=O)NC(CC(=O)O)C(=O)O)cc3)c[nH]c2[nH]1. The van der Waals surface area contributed by atoms with Crippen LogP contribution in [0.25, 0.3) is 11.0 Å². The van der Waals surface area contributed by atoms with E-state index < -0.39 is 35.9 Å². The molecule has 0 saturated carbocycles. The third-order valence-electron chi connectivity index (χ3n) is 4.53. The number of aromatic nitrogens is 3. The average Bonchev–Trinajstić information content (AvgIpc) is 3.08. The zero-order valence-electron chi connectivity index (χ0n) is 15.6. The zero-order valence-corrected chi connectivity index (χ0v) is 15.6. The van der Waals surface area contributed by atoms with Gasteiger partial charge in [-0.15, -0.1) is 0 Å². The van der Waals surface area contributed by atoms with Crippen molar-refractivity contribution in [2.24, 2.45) is 0 Å². The summed E-state index contributed by atoms with van der Waals surface area (Å²) in [5, 5.41) is 20.4. The van der Waals surface area contributed by atoms with Crippen LogP contribution < -0.4 is 16.6 Å². The highest BCUT2D eigenvalue weighted by atomic mass is 16.4. The van der Waals surface area contributed by atoms with E-state index >= 15 is 0 Å². The Bertz CT molecular complexity index is 1160. The number of carbonyl (C=O) groups excluding carboxylic acids is 1. The number of carboxylic acids is 2. The van der Waals surface area contributed by atoms with Crippen molar-refractivity contribution in [2.75, 3.05) is 5.73 Å². The molecule has 0 bridgehead atoms. The molecule has 11 heteroatoms. The van der Waals surface area contributed by atoms with E-state index in [1.54, 1.807) is 18.3 Å². The van der Waals surface area contributed by atoms with Gasteiger partial charge < -0.3 is 31.2 Å². The molecule has 0 fully saturated rings. The molecular weight excluding hydrogens is 394 g/mol. The molecule has 2 aromatic heterocycles. The van der Waals surface area contributed by atoms with Gasteiger partial charge in [-0.1, -0.05) is 12.1 Å². The Morgan fingerprint density at radius 1 is 1.13 bits per heavy atom. The van der Waals surface area contributed by atoms with E-state index in [1.165, 1.54) is 12.1 Å². The number of hydrogen-bond acceptors (Lipinski definition) is 6. The monoisotopic (exact) mass is 413 g/mol. The fourth-order valence-electron chi connectivity index (χ4n) is 3.04. The molecule has 7 N–H and O–H groups in total. The number of rotatable bonds is 8. The molecule has 2 heterocycles. The predicted octanol–water partition coefficient (Wildman–Crippen LogP) is 0.276. The summed E-state index contributed by atoms with van der Waals surface area (Å²) in [5.41, 5.74) is 7.49. The number of carboxylic acid groups (broad SMARTS) is 2. The average molecular weight is 413 g/mol. The predicted molar refractivity (Wildman–Crippen MR) is 106 cm³/mol. The normalized spacial score (nSPS) is 11.9. The molecule has 0 aliphatic rings. The largest absolute Gasteiger partial charge is 0.481 e. The maximum Gasteiger partial charge on any atom is 0.326 e. The number of aliphatic carboxylic acids is 2. The third kappa shape index (κ3) is 4.63. The highest BCUT2D eigenvalue weighted by molar-refractivity contribution is 5.97. The lowest BCUT2D eigenvalue weighted by molar-refractivity contribution is -0.145. The van der Waals surface area contributed by atoms with Crippen LogP contribution in [0, 0.1) is 0 Å². The number of nitrogens with two attached hydrogens (primary N) is 1. The van der Waals surface area contributed by atoms with Crippen LogP contribution in [0.4, 0.5) is 5.95 Å². The van der Waals surface area contributed by atoms with Crippen LogP contribution in [0.5, 0.6) is 0 Å². The Labute approximate surface area is 168 Å². The molecule has 3 aromatic rings. The first kappa shape index (κ1) is 20.6. The van der Waals surface area contributed by atoms with E-state index in [0.29, 0.717) is 23.9 Å². The third-order valence-corrected chi connectivity index (χ3v) is 4.53. The highest BCUT2D eigenvalue weighted by Crippen LogP contribution is 2.16. The molecule has 0 radical (unpaired) electrons. The van der Waals surface area contributed by atoms with Crippen molar-refractivity contribution in [1.82, 2.24) is 20.3 Å². The minimum absolute atomic E-state index is 0.0308. The number of fused-ring (bicyclic) bond motifs is 1. The van der Waals surface area contributed by atoms with Gasteiger partial charge in [0.05, 0.1) is 11.8 Å². The minimum atomic E-state index is -1.52. The molecule has 0 aliphatic heterocycles. The molecule has 1 unspecified atom stereocenters. The highest BCUT2D eigenvalue weighted by Gasteiger charge is 2.23. The van der Waals surface area contributed by atoms with E-state index in [4.69, 9.17) is 15.9 Å². The molecule has 156 valence electrons. The molecule has 30 heavy (non-hydrogen) atoms. The quantitative estimate of drug-likeness (QED) is 0.303. The van der Waals surface area contributed by atoms with Crippen molar-refractivity contribution in [2.45, 2.75) is 25.3 Å². The lowest BCUT2D eigenvalue weighted by atomic mass is 10.0. The van der Waals surface area contributed by atoms with E-state index in [1.807, 2.05) is 0 Å². The fraction of sp³-hybridized carbons (Fsp3) is 0.211. The van der Waals surface area contributed by atoms with E-state index in [-0.39, 0.29) is 11.5 Å². The number of amides is 1. The van der Waals surface area contributed by atoms with E-state index in [9.17, 15) is 19.2 Å². The van der Waals surface area contributed by atoms with Gasteiger partial charge in [0.25, 0.3) is 11.5 Å². The Morgan fingerprint density at radius 2 is 1.83 bits per heavy atom. The second-order valence-corrected chi connectivity index (χ2v) is 6.65. The molecule has 1 atom stereocenters. The van der Waals surface area contributed by atoms with Crippen LogP contribution in [-0.4, -0.2) is 49.1 Å². The first-order valence-electron chi connectivity index (χ1n) is 8.94. The molecule has 3 rings (SSSR count). The number of H-pyrrole nitrogens is 2. The van der Waals surface area contributed by atoms with Crippen molar-refractivity contribution in [3.8, 4) is 0 Å². The smallest absolute Gasteiger partial charge is 0.326 e. The number of aryl methyl sites for hydroxylation is 2. The first-order chi connectivity index (χ1) is 14.2.